The van der Waals surface area contributed by atoms with Crippen LogP contribution in [-0.2, 0) is 19.5 Å². The number of imide groups is 1. The van der Waals surface area contributed by atoms with Gasteiger partial charge >= 0.3 is 0 Å². The first-order valence-corrected chi connectivity index (χ1v) is 12.2. The lowest BCUT2D eigenvalue weighted by molar-refractivity contribution is 0.0642. The van der Waals surface area contributed by atoms with Crippen LogP contribution in [0.4, 0.5) is 5.69 Å². The fourth-order valence-corrected chi connectivity index (χ4v) is 4.92. The number of ether oxygens (including phenoxy) is 1. The summed E-state index contributed by atoms with van der Waals surface area (Å²) in [4.78, 5) is 32.6. The van der Waals surface area contributed by atoms with Crippen molar-refractivity contribution in [2.45, 2.75) is 26.4 Å². The van der Waals surface area contributed by atoms with Gasteiger partial charge in [0, 0.05) is 32.7 Å². The van der Waals surface area contributed by atoms with E-state index in [1.165, 1.54) is 16.0 Å². The quantitative estimate of drug-likeness (QED) is 0.481. The summed E-state index contributed by atoms with van der Waals surface area (Å²) in [5.41, 5.74) is 5.48. The van der Waals surface area contributed by atoms with Crippen molar-refractivity contribution in [2.24, 2.45) is 0 Å². The van der Waals surface area contributed by atoms with E-state index < -0.39 is 0 Å². The van der Waals surface area contributed by atoms with Gasteiger partial charge in [0.15, 0.2) is 0 Å². The highest BCUT2D eigenvalue weighted by molar-refractivity contribution is 6.23. The van der Waals surface area contributed by atoms with E-state index in [1.54, 1.807) is 13.2 Å². The number of nitrogens with zero attached hydrogens (tertiary/aromatic N) is 3. The molecule has 3 aromatic carbocycles. The van der Waals surface area contributed by atoms with Crippen LogP contribution < -0.4 is 9.64 Å². The van der Waals surface area contributed by atoms with Crippen LogP contribution in [0.3, 0.4) is 0 Å². The number of carbonyl (C=O) groups excluding carboxylic acids is 2. The highest BCUT2D eigenvalue weighted by atomic mass is 16.5. The molecule has 0 saturated carbocycles. The van der Waals surface area contributed by atoms with Crippen molar-refractivity contribution in [3.8, 4) is 5.75 Å². The Labute approximate surface area is 206 Å². The second-order valence-corrected chi connectivity index (χ2v) is 9.18. The van der Waals surface area contributed by atoms with Crippen LogP contribution in [0.1, 0.15) is 44.3 Å². The van der Waals surface area contributed by atoms with Crippen molar-refractivity contribution in [1.29, 1.82) is 0 Å². The Bertz CT molecular complexity index is 1210. The van der Waals surface area contributed by atoms with Gasteiger partial charge in [-0.1, -0.05) is 49.4 Å². The van der Waals surface area contributed by atoms with Gasteiger partial charge in [0.1, 0.15) is 5.75 Å². The van der Waals surface area contributed by atoms with Gasteiger partial charge in [-0.15, -0.1) is 0 Å². The summed E-state index contributed by atoms with van der Waals surface area (Å²) < 4.78 is 5.21. The third kappa shape index (κ3) is 4.66. The molecule has 180 valence electrons. The average Bonchev–Trinajstić information content (AvgIpc) is 3.15. The lowest BCUT2D eigenvalue weighted by Gasteiger charge is -2.36. The van der Waals surface area contributed by atoms with Crippen LogP contribution in [0.25, 0.3) is 0 Å². The molecule has 6 nitrogen and oxygen atoms in total. The molecule has 6 heteroatoms. The van der Waals surface area contributed by atoms with Crippen molar-refractivity contribution in [3.63, 3.8) is 0 Å². The molecule has 0 radical (unpaired) electrons. The highest BCUT2D eigenvalue weighted by Crippen LogP contribution is 2.33. The molecule has 5 rings (SSSR count). The smallest absolute Gasteiger partial charge is 0.263 e. The van der Waals surface area contributed by atoms with E-state index in [4.69, 9.17) is 4.74 Å². The van der Waals surface area contributed by atoms with Crippen LogP contribution in [0.2, 0.25) is 0 Å². The molecule has 2 heterocycles. The number of hydrogen-bond donors (Lipinski definition) is 0. The minimum absolute atomic E-state index is 0.213. The SMILES string of the molecule is CCc1ccc(CN2CCN(c3cccc4c3C(=O)N(Cc3ccc(OC)cc3)C4=O)CC2)cc1. The molecule has 0 bridgehead atoms. The number of anilines is 1. The maximum absolute atomic E-state index is 13.4. The molecule has 2 aliphatic rings. The Hall–Kier alpha value is -3.64. The van der Waals surface area contributed by atoms with Crippen LogP contribution in [0, 0.1) is 0 Å². The molecule has 0 atom stereocenters. The minimum Gasteiger partial charge on any atom is -0.497 e. The van der Waals surface area contributed by atoms with Gasteiger partial charge in [-0.05, 0) is 47.4 Å². The molecular weight excluding hydrogens is 438 g/mol. The fourth-order valence-electron chi connectivity index (χ4n) is 4.92. The molecule has 35 heavy (non-hydrogen) atoms. The number of carbonyl (C=O) groups is 2. The second-order valence-electron chi connectivity index (χ2n) is 9.18. The maximum atomic E-state index is 13.4. The van der Waals surface area contributed by atoms with Gasteiger partial charge in [-0.25, -0.2) is 0 Å². The molecule has 0 aromatic heterocycles. The third-order valence-corrected chi connectivity index (χ3v) is 7.03. The predicted octanol–water partition coefficient (Wildman–Crippen LogP) is 4.38. The summed E-state index contributed by atoms with van der Waals surface area (Å²) in [5.74, 6) is 0.308. The van der Waals surface area contributed by atoms with E-state index in [-0.39, 0.29) is 18.4 Å². The Morgan fingerprint density at radius 1 is 0.743 bits per heavy atom. The van der Waals surface area contributed by atoms with E-state index in [9.17, 15) is 9.59 Å². The van der Waals surface area contributed by atoms with E-state index in [1.807, 2.05) is 36.4 Å². The zero-order chi connectivity index (χ0) is 24.4. The van der Waals surface area contributed by atoms with E-state index in [0.717, 1.165) is 56.1 Å². The molecule has 0 aliphatic carbocycles. The highest BCUT2D eigenvalue weighted by Gasteiger charge is 2.38. The van der Waals surface area contributed by atoms with Gasteiger partial charge in [-0.3, -0.25) is 19.4 Å². The molecule has 0 spiro atoms. The Balaban J connectivity index is 1.27. The van der Waals surface area contributed by atoms with Gasteiger partial charge in [0.05, 0.1) is 30.5 Å². The molecule has 3 aromatic rings. The summed E-state index contributed by atoms with van der Waals surface area (Å²) in [6.45, 7) is 6.82. The number of rotatable bonds is 7. The van der Waals surface area contributed by atoms with E-state index in [2.05, 4.69) is 41.0 Å². The lowest BCUT2D eigenvalue weighted by atomic mass is 10.1. The van der Waals surface area contributed by atoms with Gasteiger partial charge in [0.2, 0.25) is 0 Å². The molecular formula is C29H31N3O3. The normalized spacial score (nSPS) is 16.1. The monoisotopic (exact) mass is 469 g/mol. The van der Waals surface area contributed by atoms with E-state index >= 15 is 0 Å². The summed E-state index contributed by atoms with van der Waals surface area (Å²) >= 11 is 0. The molecule has 0 N–H and O–H groups in total. The van der Waals surface area contributed by atoms with Crippen molar-refractivity contribution >= 4 is 17.5 Å². The van der Waals surface area contributed by atoms with Crippen LogP contribution in [0.5, 0.6) is 5.75 Å². The molecule has 0 unspecified atom stereocenters. The number of benzene rings is 3. The zero-order valence-electron chi connectivity index (χ0n) is 20.4. The Morgan fingerprint density at radius 2 is 1.37 bits per heavy atom. The first-order chi connectivity index (χ1) is 17.1. The fraction of sp³-hybridized carbons (Fsp3) is 0.310. The van der Waals surface area contributed by atoms with Crippen molar-refractivity contribution in [3.05, 3.63) is 94.5 Å². The minimum atomic E-state index is -0.225. The molecule has 2 amide bonds. The van der Waals surface area contributed by atoms with Crippen molar-refractivity contribution in [2.75, 3.05) is 38.2 Å². The van der Waals surface area contributed by atoms with Crippen LogP contribution >= 0.6 is 0 Å². The predicted molar refractivity (Wildman–Crippen MR) is 137 cm³/mol. The molecule has 2 aliphatic heterocycles. The second kappa shape index (κ2) is 9.92. The summed E-state index contributed by atoms with van der Waals surface area (Å²) in [7, 11) is 1.62. The number of piperazine rings is 1. The summed E-state index contributed by atoms with van der Waals surface area (Å²) in [5, 5.41) is 0. The molecule has 1 fully saturated rings. The van der Waals surface area contributed by atoms with Gasteiger partial charge in [0.25, 0.3) is 11.8 Å². The van der Waals surface area contributed by atoms with Crippen molar-refractivity contribution < 1.29 is 14.3 Å². The van der Waals surface area contributed by atoms with Crippen molar-refractivity contribution in [1.82, 2.24) is 9.80 Å². The van der Waals surface area contributed by atoms with Crippen LogP contribution in [-0.4, -0.2) is 54.9 Å². The number of fused-ring (bicyclic) bond motifs is 1. The first kappa shape index (κ1) is 23.1. The van der Waals surface area contributed by atoms with Gasteiger partial charge < -0.3 is 9.64 Å². The third-order valence-electron chi connectivity index (χ3n) is 7.03. The lowest BCUT2D eigenvalue weighted by Crippen LogP contribution is -2.46. The number of methoxy groups -OCH3 is 1. The summed E-state index contributed by atoms with van der Waals surface area (Å²) in [6, 6.07) is 21.9. The Kier molecular flexibility index (Phi) is 6.55. The maximum Gasteiger partial charge on any atom is 0.263 e. The average molecular weight is 470 g/mol. The standard InChI is InChI=1S/C29H31N3O3/c1-3-21-7-9-22(10-8-21)19-30-15-17-31(18-16-30)26-6-4-5-25-27(26)29(34)32(28(25)33)20-23-11-13-24(35-2)14-12-23/h4-14H,3,15-20H2,1-2H3. The van der Waals surface area contributed by atoms with E-state index in [0.29, 0.717) is 11.1 Å². The number of amides is 2. The van der Waals surface area contributed by atoms with Gasteiger partial charge in [-0.2, -0.15) is 0 Å². The number of hydrogen-bond acceptors (Lipinski definition) is 5. The first-order valence-electron chi connectivity index (χ1n) is 12.2. The summed E-state index contributed by atoms with van der Waals surface area (Å²) in [6.07, 6.45) is 1.05. The number of aryl methyl sites for hydroxylation is 1. The molecule has 1 saturated heterocycles. The Morgan fingerprint density at radius 3 is 2.03 bits per heavy atom. The van der Waals surface area contributed by atoms with Crippen LogP contribution in [0.15, 0.2) is 66.7 Å². The topological polar surface area (TPSA) is 53.1 Å². The zero-order valence-corrected chi connectivity index (χ0v) is 20.4. The largest absolute Gasteiger partial charge is 0.497 e.